The van der Waals surface area contributed by atoms with Gasteiger partial charge in [-0.25, -0.2) is 0 Å². The van der Waals surface area contributed by atoms with Gasteiger partial charge in [-0.05, 0) is 57.4 Å². The molecule has 4 nitrogen and oxygen atoms in total. The van der Waals surface area contributed by atoms with Gasteiger partial charge in [0.2, 0.25) is 5.91 Å². The Balaban J connectivity index is 1.43. The molecule has 0 bridgehead atoms. The van der Waals surface area contributed by atoms with E-state index in [9.17, 15) is 4.79 Å². The molecule has 1 aliphatic carbocycles. The van der Waals surface area contributed by atoms with Gasteiger partial charge in [0.05, 0.1) is 5.69 Å². The predicted molar refractivity (Wildman–Crippen MR) is 93.9 cm³/mol. The first-order valence-corrected chi connectivity index (χ1v) is 8.89. The minimum absolute atomic E-state index is 0.137. The highest BCUT2D eigenvalue weighted by Gasteiger charge is 2.23. The number of nitrogens with zero attached hydrogens (tertiary/aromatic N) is 1. The van der Waals surface area contributed by atoms with E-state index in [-0.39, 0.29) is 5.91 Å². The number of rotatable bonds is 5. The van der Waals surface area contributed by atoms with E-state index in [0.29, 0.717) is 24.8 Å². The van der Waals surface area contributed by atoms with Gasteiger partial charge in [-0.15, -0.1) is 0 Å². The van der Waals surface area contributed by atoms with Gasteiger partial charge < -0.3 is 9.84 Å². The zero-order valence-electron chi connectivity index (χ0n) is 14.5. The summed E-state index contributed by atoms with van der Waals surface area (Å²) in [6.45, 7) is 3.83. The Morgan fingerprint density at radius 3 is 2.50 bits per heavy atom. The molecule has 0 aliphatic heterocycles. The summed E-state index contributed by atoms with van der Waals surface area (Å²) in [7, 11) is 0. The molecule has 1 saturated carbocycles. The molecule has 128 valence electrons. The Morgan fingerprint density at radius 2 is 1.88 bits per heavy atom. The number of carbonyl (C=O) groups excluding carboxylic acids is 1. The van der Waals surface area contributed by atoms with Gasteiger partial charge in [-0.2, -0.15) is 0 Å². The highest BCUT2D eigenvalue weighted by atomic mass is 16.5. The summed E-state index contributed by atoms with van der Waals surface area (Å²) >= 11 is 0. The smallest absolute Gasteiger partial charge is 0.220 e. The van der Waals surface area contributed by atoms with Crippen molar-refractivity contribution in [2.45, 2.75) is 64.3 Å². The maximum atomic E-state index is 12.2. The maximum Gasteiger partial charge on any atom is 0.220 e. The topological polar surface area (TPSA) is 55.1 Å². The molecule has 0 spiro atoms. The third-order valence-electron chi connectivity index (χ3n) is 5.15. The molecule has 1 aromatic heterocycles. The molecule has 1 fully saturated rings. The number of hydrogen-bond donors (Lipinski definition) is 1. The van der Waals surface area contributed by atoms with E-state index in [1.165, 1.54) is 5.56 Å². The summed E-state index contributed by atoms with van der Waals surface area (Å²) in [5, 5.41) is 7.14. The van der Waals surface area contributed by atoms with Crippen molar-refractivity contribution in [1.29, 1.82) is 0 Å². The zero-order valence-corrected chi connectivity index (χ0v) is 14.5. The van der Waals surface area contributed by atoms with Crippen molar-refractivity contribution in [3.63, 3.8) is 0 Å². The number of aromatic nitrogens is 1. The molecule has 1 aliphatic rings. The summed E-state index contributed by atoms with van der Waals surface area (Å²) in [5.74, 6) is 1.60. The second-order valence-corrected chi connectivity index (χ2v) is 6.83. The van der Waals surface area contributed by atoms with Crippen LogP contribution in [0.5, 0.6) is 0 Å². The Morgan fingerprint density at radius 1 is 1.17 bits per heavy atom. The summed E-state index contributed by atoms with van der Waals surface area (Å²) < 4.78 is 5.15. The molecule has 1 heterocycles. The van der Waals surface area contributed by atoms with E-state index < -0.39 is 0 Å². The van der Waals surface area contributed by atoms with E-state index >= 15 is 0 Å². The predicted octanol–water partition coefficient (Wildman–Crippen LogP) is 4.07. The highest BCUT2D eigenvalue weighted by Crippen LogP contribution is 2.32. The first-order valence-electron chi connectivity index (χ1n) is 8.89. The molecule has 24 heavy (non-hydrogen) atoms. The van der Waals surface area contributed by atoms with Crippen molar-refractivity contribution in [3.05, 3.63) is 52.9 Å². The van der Waals surface area contributed by atoms with Crippen molar-refractivity contribution in [3.8, 4) is 0 Å². The molecule has 0 radical (unpaired) electrons. The Labute approximate surface area is 143 Å². The minimum Gasteiger partial charge on any atom is -0.361 e. The maximum absolute atomic E-state index is 12.2. The van der Waals surface area contributed by atoms with E-state index in [1.807, 2.05) is 13.8 Å². The summed E-state index contributed by atoms with van der Waals surface area (Å²) in [6, 6.07) is 11.0. The van der Waals surface area contributed by atoms with Gasteiger partial charge in [0.15, 0.2) is 0 Å². The molecule has 1 aromatic carbocycles. The largest absolute Gasteiger partial charge is 0.361 e. The van der Waals surface area contributed by atoms with Crippen LogP contribution < -0.4 is 5.32 Å². The monoisotopic (exact) mass is 326 g/mol. The van der Waals surface area contributed by atoms with Crippen molar-refractivity contribution in [2.75, 3.05) is 0 Å². The minimum atomic E-state index is 0.137. The number of aryl methyl sites for hydroxylation is 2. The zero-order chi connectivity index (χ0) is 16.9. The van der Waals surface area contributed by atoms with Crippen molar-refractivity contribution >= 4 is 5.91 Å². The summed E-state index contributed by atoms with van der Waals surface area (Å²) in [6.07, 6.45) is 5.64. The molecular weight excluding hydrogens is 300 g/mol. The average Bonchev–Trinajstić information content (AvgIpc) is 2.93. The standard InChI is InChI=1S/C20H26N2O2/c1-14-19(15(2)24-22-14)12-13-20(23)21-18-10-8-17(9-11-18)16-6-4-3-5-7-16/h3-7,17-18H,8-13H2,1-2H3,(H,21,23). The molecule has 0 saturated heterocycles. The first-order chi connectivity index (χ1) is 11.6. The third-order valence-corrected chi connectivity index (χ3v) is 5.15. The van der Waals surface area contributed by atoms with Gasteiger partial charge in [0.25, 0.3) is 0 Å². The number of carbonyl (C=O) groups is 1. The van der Waals surface area contributed by atoms with Crippen molar-refractivity contribution in [1.82, 2.24) is 10.5 Å². The first kappa shape index (κ1) is 16.7. The lowest BCUT2D eigenvalue weighted by Gasteiger charge is -2.29. The van der Waals surface area contributed by atoms with E-state index in [0.717, 1.165) is 42.7 Å². The quantitative estimate of drug-likeness (QED) is 0.901. The highest BCUT2D eigenvalue weighted by molar-refractivity contribution is 5.76. The van der Waals surface area contributed by atoms with Crippen LogP contribution in [0.3, 0.4) is 0 Å². The van der Waals surface area contributed by atoms with Crippen LogP contribution in [0.1, 0.15) is 60.6 Å². The van der Waals surface area contributed by atoms with Crippen LogP contribution in [0.25, 0.3) is 0 Å². The normalized spacial score (nSPS) is 20.8. The average molecular weight is 326 g/mol. The van der Waals surface area contributed by atoms with Crippen LogP contribution in [0.2, 0.25) is 0 Å². The molecule has 0 unspecified atom stereocenters. The lowest BCUT2D eigenvalue weighted by molar-refractivity contribution is -0.122. The fourth-order valence-electron chi connectivity index (χ4n) is 3.69. The molecular formula is C20H26N2O2. The Bertz CT molecular complexity index is 651. The Hall–Kier alpha value is -2.10. The van der Waals surface area contributed by atoms with E-state index in [2.05, 4.69) is 40.8 Å². The van der Waals surface area contributed by atoms with E-state index in [4.69, 9.17) is 4.52 Å². The van der Waals surface area contributed by atoms with Crippen LogP contribution >= 0.6 is 0 Å². The fourth-order valence-corrected chi connectivity index (χ4v) is 3.69. The summed E-state index contributed by atoms with van der Waals surface area (Å²) in [4.78, 5) is 12.2. The van der Waals surface area contributed by atoms with Crippen molar-refractivity contribution in [2.24, 2.45) is 0 Å². The SMILES string of the molecule is Cc1noc(C)c1CCC(=O)NC1CCC(c2ccccc2)CC1. The van der Waals surface area contributed by atoms with Gasteiger partial charge in [0, 0.05) is 18.0 Å². The second kappa shape index (κ2) is 7.65. The molecule has 4 heteroatoms. The number of benzene rings is 1. The Kier molecular flexibility index (Phi) is 5.34. The van der Waals surface area contributed by atoms with Gasteiger partial charge in [-0.3, -0.25) is 4.79 Å². The van der Waals surface area contributed by atoms with Crippen LogP contribution in [0, 0.1) is 13.8 Å². The molecule has 0 atom stereocenters. The number of amides is 1. The number of hydrogen-bond acceptors (Lipinski definition) is 3. The van der Waals surface area contributed by atoms with Gasteiger partial charge in [0.1, 0.15) is 5.76 Å². The van der Waals surface area contributed by atoms with Crippen LogP contribution in [-0.4, -0.2) is 17.1 Å². The van der Waals surface area contributed by atoms with Crippen molar-refractivity contribution < 1.29 is 9.32 Å². The second-order valence-electron chi connectivity index (χ2n) is 6.83. The van der Waals surface area contributed by atoms with Crippen LogP contribution in [0.4, 0.5) is 0 Å². The van der Waals surface area contributed by atoms with Gasteiger partial charge in [-0.1, -0.05) is 35.5 Å². The lowest BCUT2D eigenvalue weighted by atomic mass is 9.82. The van der Waals surface area contributed by atoms with E-state index in [1.54, 1.807) is 0 Å². The summed E-state index contributed by atoms with van der Waals surface area (Å²) in [5.41, 5.74) is 3.39. The molecule has 2 aromatic rings. The number of nitrogens with one attached hydrogen (secondary N) is 1. The van der Waals surface area contributed by atoms with Gasteiger partial charge >= 0.3 is 0 Å². The fraction of sp³-hybridized carbons (Fsp3) is 0.500. The molecule has 1 amide bonds. The molecule has 1 N–H and O–H groups in total. The van der Waals surface area contributed by atoms with Crippen LogP contribution in [0.15, 0.2) is 34.9 Å². The third kappa shape index (κ3) is 4.05. The lowest BCUT2D eigenvalue weighted by Crippen LogP contribution is -2.37. The molecule has 3 rings (SSSR count). The van der Waals surface area contributed by atoms with Crippen LogP contribution in [-0.2, 0) is 11.2 Å².